The van der Waals surface area contributed by atoms with E-state index in [0.717, 1.165) is 4.72 Å². The van der Waals surface area contributed by atoms with Gasteiger partial charge in [-0.25, -0.2) is 0 Å². The summed E-state index contributed by atoms with van der Waals surface area (Å²) in [5, 5.41) is 17.0. The van der Waals surface area contributed by atoms with E-state index in [1.54, 1.807) is 0 Å². The summed E-state index contributed by atoms with van der Waals surface area (Å²) < 4.78 is 59.8. The number of carboxylic acids is 1. The Morgan fingerprint density at radius 1 is 1.35 bits per heavy atom. The highest BCUT2D eigenvalue weighted by Gasteiger charge is 2.31. The van der Waals surface area contributed by atoms with Gasteiger partial charge in [-0.15, -0.1) is 0 Å². The summed E-state index contributed by atoms with van der Waals surface area (Å²) in [4.78, 5) is 10.5. The third-order valence-electron chi connectivity index (χ3n) is 1.48. The smallest absolute Gasteiger partial charge is 0.402 e. The molecule has 0 aliphatic heterocycles. The summed E-state index contributed by atoms with van der Waals surface area (Å²) in [5.41, 5.74) is 0. The van der Waals surface area contributed by atoms with E-state index in [1.807, 2.05) is 0 Å². The van der Waals surface area contributed by atoms with Gasteiger partial charge in [0.1, 0.15) is 12.6 Å². The van der Waals surface area contributed by atoms with Gasteiger partial charge in [0.25, 0.3) is 10.2 Å². The minimum Gasteiger partial charge on any atom is -0.480 e. The number of rotatable bonds is 7. The summed E-state index contributed by atoms with van der Waals surface area (Å²) in [7, 11) is -4.59. The third-order valence-corrected chi connectivity index (χ3v) is 2.60. The average Bonchev–Trinajstić information content (AvgIpc) is 2.13. The van der Waals surface area contributed by atoms with Crippen molar-refractivity contribution >= 4 is 16.2 Å². The van der Waals surface area contributed by atoms with E-state index < -0.39 is 48.0 Å². The molecule has 102 valence electrons. The number of aliphatic carboxylic acids is 1. The number of aliphatic hydroxyl groups is 1. The number of aliphatic hydroxyl groups excluding tert-OH is 1. The highest BCUT2D eigenvalue weighted by Crippen LogP contribution is 2.12. The summed E-state index contributed by atoms with van der Waals surface area (Å²) >= 11 is 0. The van der Waals surface area contributed by atoms with Crippen LogP contribution in [0, 0.1) is 0 Å². The van der Waals surface area contributed by atoms with Crippen molar-refractivity contribution in [1.82, 2.24) is 9.44 Å². The fourth-order valence-electron chi connectivity index (χ4n) is 0.768. The van der Waals surface area contributed by atoms with E-state index in [9.17, 15) is 26.4 Å². The van der Waals surface area contributed by atoms with Crippen LogP contribution in [0.3, 0.4) is 0 Å². The normalized spacial score (nSPS) is 14.6. The van der Waals surface area contributed by atoms with Crippen molar-refractivity contribution in [1.29, 1.82) is 0 Å². The Hall–Kier alpha value is -0.910. The maximum atomic E-state index is 11.7. The van der Waals surface area contributed by atoms with Crippen molar-refractivity contribution in [3.05, 3.63) is 0 Å². The summed E-state index contributed by atoms with van der Waals surface area (Å²) in [6.45, 7) is -2.44. The molecule has 0 saturated carbocycles. The molecule has 11 heteroatoms. The van der Waals surface area contributed by atoms with Gasteiger partial charge >= 0.3 is 12.1 Å². The molecular weight excluding hydrogens is 269 g/mol. The molecule has 0 aliphatic rings. The topological polar surface area (TPSA) is 116 Å². The van der Waals surface area contributed by atoms with Gasteiger partial charge < -0.3 is 10.2 Å². The van der Waals surface area contributed by atoms with Gasteiger partial charge in [0.05, 0.1) is 0 Å². The maximum absolute atomic E-state index is 11.7. The van der Waals surface area contributed by atoms with Crippen LogP contribution in [-0.2, 0) is 15.0 Å². The first-order valence-corrected chi connectivity index (χ1v) is 5.73. The van der Waals surface area contributed by atoms with Crippen LogP contribution in [0.5, 0.6) is 0 Å². The molecule has 0 aromatic heterocycles. The first-order valence-electron chi connectivity index (χ1n) is 4.25. The Bertz CT molecular complexity index is 355. The lowest BCUT2D eigenvalue weighted by atomic mass is 10.2. The van der Waals surface area contributed by atoms with Gasteiger partial charge in [-0.05, 0) is 6.42 Å². The predicted octanol–water partition coefficient (Wildman–Crippen LogP) is -1.19. The lowest BCUT2D eigenvalue weighted by Gasteiger charge is -2.14. The molecule has 17 heavy (non-hydrogen) atoms. The number of carbonyl (C=O) groups is 1. The third kappa shape index (κ3) is 7.90. The van der Waals surface area contributed by atoms with E-state index in [1.165, 1.54) is 4.72 Å². The molecule has 4 N–H and O–H groups in total. The fourth-order valence-corrected chi connectivity index (χ4v) is 1.80. The fraction of sp³-hybridized carbons (Fsp3) is 0.833. The zero-order chi connectivity index (χ0) is 13.7. The number of halogens is 3. The number of alkyl halides is 3. The molecular formula is C6H11F3N2O5S. The van der Waals surface area contributed by atoms with Crippen molar-refractivity contribution in [2.75, 3.05) is 13.2 Å². The van der Waals surface area contributed by atoms with Crippen LogP contribution >= 0.6 is 0 Å². The number of hydrogen-bond donors (Lipinski definition) is 4. The molecule has 7 nitrogen and oxygen atoms in total. The van der Waals surface area contributed by atoms with Crippen molar-refractivity contribution in [2.45, 2.75) is 18.6 Å². The molecule has 0 radical (unpaired) electrons. The van der Waals surface area contributed by atoms with Gasteiger partial charge in [0, 0.05) is 6.61 Å². The Kier molecular flexibility index (Phi) is 5.81. The largest absolute Gasteiger partial charge is 0.480 e. The van der Waals surface area contributed by atoms with Crippen LogP contribution in [0.25, 0.3) is 0 Å². The second kappa shape index (κ2) is 6.14. The lowest BCUT2D eigenvalue weighted by Crippen LogP contribution is -2.48. The molecule has 0 aliphatic carbocycles. The highest BCUT2D eigenvalue weighted by molar-refractivity contribution is 7.87. The minimum atomic E-state index is -4.75. The van der Waals surface area contributed by atoms with E-state index in [2.05, 4.69) is 0 Å². The van der Waals surface area contributed by atoms with Crippen LogP contribution < -0.4 is 9.44 Å². The quantitative estimate of drug-likeness (QED) is 0.468. The van der Waals surface area contributed by atoms with E-state index >= 15 is 0 Å². The van der Waals surface area contributed by atoms with Crippen LogP contribution in [0.2, 0.25) is 0 Å². The van der Waals surface area contributed by atoms with Gasteiger partial charge in [-0.1, -0.05) is 0 Å². The van der Waals surface area contributed by atoms with Gasteiger partial charge in [-0.3, -0.25) is 4.79 Å². The highest BCUT2D eigenvalue weighted by atomic mass is 32.2. The average molecular weight is 280 g/mol. The maximum Gasteiger partial charge on any atom is 0.402 e. The first kappa shape index (κ1) is 16.1. The van der Waals surface area contributed by atoms with Crippen LogP contribution in [0.1, 0.15) is 6.42 Å². The van der Waals surface area contributed by atoms with Crippen molar-refractivity contribution in [2.24, 2.45) is 0 Å². The number of hydrogen-bond acceptors (Lipinski definition) is 4. The summed E-state index contributed by atoms with van der Waals surface area (Å²) in [5.74, 6) is -1.60. The van der Waals surface area contributed by atoms with Gasteiger partial charge in [0.15, 0.2) is 0 Å². The zero-order valence-corrected chi connectivity index (χ0v) is 9.18. The molecule has 0 aromatic carbocycles. The molecule has 1 atom stereocenters. The van der Waals surface area contributed by atoms with E-state index in [0.29, 0.717) is 0 Å². The second-order valence-corrected chi connectivity index (χ2v) is 4.49. The summed E-state index contributed by atoms with van der Waals surface area (Å²) in [6, 6.07) is -1.69. The standard InChI is InChI=1S/C6H11F3N2O5S/c7-6(8,9)3-10-17(15,16)11-4(1-2-12)5(13)14/h4,10-12H,1-3H2,(H,13,14)/t4-/m1/s1. The van der Waals surface area contributed by atoms with Crippen molar-refractivity contribution < 1.29 is 36.6 Å². The van der Waals surface area contributed by atoms with Gasteiger partial charge in [-0.2, -0.15) is 31.0 Å². The Balaban J connectivity index is 4.46. The van der Waals surface area contributed by atoms with Crippen molar-refractivity contribution in [3.63, 3.8) is 0 Å². The SMILES string of the molecule is O=C(O)[C@@H](CCO)NS(=O)(=O)NCC(F)(F)F. The molecule has 0 spiro atoms. The molecule has 0 unspecified atom stereocenters. The van der Waals surface area contributed by atoms with Crippen LogP contribution in [0.15, 0.2) is 0 Å². The predicted molar refractivity (Wildman–Crippen MR) is 49.2 cm³/mol. The number of nitrogens with one attached hydrogen (secondary N) is 2. The monoisotopic (exact) mass is 280 g/mol. The minimum absolute atomic E-state index is 0.456. The summed E-state index contributed by atoms with van der Waals surface area (Å²) in [6.07, 6.45) is -5.20. The number of carboxylic acid groups (broad SMARTS) is 1. The Morgan fingerprint density at radius 2 is 1.88 bits per heavy atom. The van der Waals surface area contributed by atoms with E-state index in [4.69, 9.17) is 10.2 Å². The van der Waals surface area contributed by atoms with Crippen molar-refractivity contribution in [3.8, 4) is 0 Å². The molecule has 0 rings (SSSR count). The molecule has 0 amide bonds. The first-order chi connectivity index (χ1) is 7.57. The van der Waals surface area contributed by atoms with Gasteiger partial charge in [0.2, 0.25) is 0 Å². The zero-order valence-electron chi connectivity index (χ0n) is 8.36. The Labute approximate surface area is 94.8 Å². The molecule has 0 aromatic rings. The molecule has 0 bridgehead atoms. The van der Waals surface area contributed by atoms with E-state index in [-0.39, 0.29) is 0 Å². The van der Waals surface area contributed by atoms with Crippen LogP contribution in [0.4, 0.5) is 13.2 Å². The Morgan fingerprint density at radius 3 is 2.24 bits per heavy atom. The lowest BCUT2D eigenvalue weighted by molar-refractivity contribution is -0.139. The molecule has 0 saturated heterocycles. The van der Waals surface area contributed by atoms with Crippen LogP contribution in [-0.4, -0.2) is 50.0 Å². The second-order valence-electron chi connectivity index (χ2n) is 2.96. The molecule has 0 fully saturated rings. The molecule has 0 heterocycles.